The van der Waals surface area contributed by atoms with Gasteiger partial charge in [-0.25, -0.2) is 0 Å². The van der Waals surface area contributed by atoms with Crippen LogP contribution in [-0.4, -0.2) is 23.8 Å². The number of hydrogen-bond acceptors (Lipinski definition) is 4. The van der Waals surface area contributed by atoms with Gasteiger partial charge in [0.2, 0.25) is 0 Å². The molecule has 0 aromatic heterocycles. The van der Waals surface area contributed by atoms with Gasteiger partial charge in [0.25, 0.3) is 0 Å². The molecule has 1 aromatic rings. The molecule has 0 fully saturated rings. The van der Waals surface area contributed by atoms with Crippen molar-refractivity contribution in [3.05, 3.63) is 29.8 Å². The minimum absolute atomic E-state index is 0. The van der Waals surface area contributed by atoms with Crippen molar-refractivity contribution in [3.8, 4) is 5.75 Å². The third kappa shape index (κ3) is 4.41. The van der Waals surface area contributed by atoms with E-state index in [0.717, 1.165) is 0 Å². The molecule has 1 rings (SSSR count). The maximum atomic E-state index is 9.99. The summed E-state index contributed by atoms with van der Waals surface area (Å²) >= 11 is 0. The molecule has 0 saturated heterocycles. The number of nitrogens with zero attached hydrogens (tertiary/aromatic N) is 1. The van der Waals surface area contributed by atoms with Crippen LogP contribution in [0.4, 0.5) is 0 Å². The van der Waals surface area contributed by atoms with Crippen molar-refractivity contribution in [2.24, 2.45) is 4.99 Å². The Balaban J connectivity index is 0.00000169. The molecule has 4 nitrogen and oxygen atoms in total. The number of aliphatic imine (C=N–C) groups is 1. The van der Waals surface area contributed by atoms with Crippen molar-refractivity contribution in [2.45, 2.75) is 0 Å². The molecule has 0 unspecified atom stereocenters. The van der Waals surface area contributed by atoms with E-state index in [1.807, 2.05) is 0 Å². The van der Waals surface area contributed by atoms with Crippen LogP contribution in [0.3, 0.4) is 0 Å². The number of rotatable bonds is 3. The maximum Gasteiger partial charge on any atom is 1.00 e. The summed E-state index contributed by atoms with van der Waals surface area (Å²) in [5, 5.41) is 19.2. The molecule has 5 heteroatoms. The Bertz CT molecular complexity index is 339. The topological polar surface area (TPSA) is 72.7 Å². The van der Waals surface area contributed by atoms with Gasteiger partial charge in [0, 0.05) is 11.8 Å². The zero-order valence-corrected chi connectivity index (χ0v) is 9.80. The first kappa shape index (κ1) is 13.2. The standard InChI is InChI=1S/C9H9NO3.Na/c11-8-4-2-1-3-7(8)5-10-6-9(12)13;/h1-5,11H,6H2,(H,12,13);/q;+1/p-1. The van der Waals surface area contributed by atoms with Crippen molar-refractivity contribution >= 4 is 12.2 Å². The van der Waals surface area contributed by atoms with Crippen LogP contribution in [0, 0.1) is 0 Å². The fraction of sp³-hybridized carbons (Fsp3) is 0.111. The summed E-state index contributed by atoms with van der Waals surface area (Å²) in [6.07, 6.45) is 1.30. The van der Waals surface area contributed by atoms with E-state index in [1.54, 1.807) is 18.2 Å². The summed E-state index contributed by atoms with van der Waals surface area (Å²) in [4.78, 5) is 13.5. The number of carbonyl (C=O) groups excluding carboxylic acids is 1. The summed E-state index contributed by atoms with van der Waals surface area (Å²) in [7, 11) is 0. The van der Waals surface area contributed by atoms with Gasteiger partial charge in [-0.05, 0) is 12.1 Å². The smallest absolute Gasteiger partial charge is 0.548 e. The van der Waals surface area contributed by atoms with Gasteiger partial charge in [0.1, 0.15) is 5.75 Å². The molecule has 1 N–H and O–H groups in total. The molecule has 0 aliphatic rings. The predicted octanol–water partition coefficient (Wildman–Crippen LogP) is -3.43. The first-order chi connectivity index (χ1) is 6.20. The second kappa shape index (κ2) is 6.59. The fourth-order valence-electron chi connectivity index (χ4n) is 0.815. The van der Waals surface area contributed by atoms with Crippen LogP contribution >= 0.6 is 0 Å². The molecule has 0 bridgehead atoms. The Labute approximate surface area is 104 Å². The summed E-state index contributed by atoms with van der Waals surface area (Å²) in [6, 6.07) is 6.53. The van der Waals surface area contributed by atoms with Gasteiger partial charge in [-0.1, -0.05) is 12.1 Å². The molecule has 14 heavy (non-hydrogen) atoms. The molecule has 0 atom stereocenters. The molecule has 0 saturated carbocycles. The minimum atomic E-state index is -1.24. The van der Waals surface area contributed by atoms with Crippen molar-refractivity contribution in [1.82, 2.24) is 0 Å². The van der Waals surface area contributed by atoms with E-state index in [0.29, 0.717) is 5.56 Å². The van der Waals surface area contributed by atoms with Crippen LogP contribution in [0.25, 0.3) is 0 Å². The summed E-state index contributed by atoms with van der Waals surface area (Å²) < 4.78 is 0. The SMILES string of the molecule is O=C([O-])CN=Cc1ccccc1O.[Na+]. The van der Waals surface area contributed by atoms with Crippen LogP contribution in [0.2, 0.25) is 0 Å². The van der Waals surface area contributed by atoms with Gasteiger partial charge in [-0.15, -0.1) is 0 Å². The first-order valence-electron chi connectivity index (χ1n) is 3.68. The molecular formula is C9H8NNaO3. The monoisotopic (exact) mass is 201 g/mol. The number of para-hydroxylation sites is 1. The summed E-state index contributed by atoms with van der Waals surface area (Å²) in [5.74, 6) is -1.17. The van der Waals surface area contributed by atoms with Crippen molar-refractivity contribution in [2.75, 3.05) is 6.54 Å². The second-order valence-corrected chi connectivity index (χ2v) is 2.40. The fourth-order valence-corrected chi connectivity index (χ4v) is 0.815. The Kier molecular flexibility index (Phi) is 6.19. The molecule has 0 aliphatic carbocycles. The summed E-state index contributed by atoms with van der Waals surface area (Å²) in [6.45, 7) is -0.395. The Morgan fingerprint density at radius 2 is 2.14 bits per heavy atom. The van der Waals surface area contributed by atoms with E-state index in [4.69, 9.17) is 0 Å². The van der Waals surface area contributed by atoms with E-state index < -0.39 is 12.5 Å². The number of benzene rings is 1. The zero-order valence-electron chi connectivity index (χ0n) is 7.80. The van der Waals surface area contributed by atoms with E-state index in [1.165, 1.54) is 12.3 Å². The number of hydrogen-bond donors (Lipinski definition) is 1. The van der Waals surface area contributed by atoms with Crippen LogP contribution in [0.5, 0.6) is 5.75 Å². The molecule has 68 valence electrons. The largest absolute Gasteiger partial charge is 1.00 e. The Morgan fingerprint density at radius 3 is 2.71 bits per heavy atom. The molecule has 0 heterocycles. The van der Waals surface area contributed by atoms with E-state index in [-0.39, 0.29) is 35.3 Å². The normalized spacial score (nSPS) is 9.71. The van der Waals surface area contributed by atoms with Gasteiger partial charge in [0.15, 0.2) is 0 Å². The van der Waals surface area contributed by atoms with Crippen molar-refractivity contribution in [1.29, 1.82) is 0 Å². The third-order valence-corrected chi connectivity index (χ3v) is 1.39. The second-order valence-electron chi connectivity index (χ2n) is 2.40. The molecule has 0 amide bonds. The molecule has 1 aromatic carbocycles. The molecule has 0 spiro atoms. The number of aliphatic carboxylic acids is 1. The van der Waals surface area contributed by atoms with Gasteiger partial charge >= 0.3 is 29.6 Å². The van der Waals surface area contributed by atoms with E-state index in [9.17, 15) is 15.0 Å². The summed E-state index contributed by atoms with van der Waals surface area (Å²) in [5.41, 5.74) is 0.490. The van der Waals surface area contributed by atoms with Crippen LogP contribution < -0.4 is 34.7 Å². The Morgan fingerprint density at radius 1 is 1.50 bits per heavy atom. The van der Waals surface area contributed by atoms with Crippen molar-refractivity contribution < 1.29 is 44.6 Å². The number of aromatic hydroxyl groups is 1. The van der Waals surface area contributed by atoms with Gasteiger partial charge in [0.05, 0.1) is 12.5 Å². The molecular weight excluding hydrogens is 193 g/mol. The predicted molar refractivity (Wildman–Crippen MR) is 45.6 cm³/mol. The van der Waals surface area contributed by atoms with Crippen LogP contribution in [-0.2, 0) is 4.79 Å². The van der Waals surface area contributed by atoms with E-state index in [2.05, 4.69) is 4.99 Å². The quantitative estimate of drug-likeness (QED) is 0.408. The van der Waals surface area contributed by atoms with Crippen LogP contribution in [0.15, 0.2) is 29.3 Å². The number of phenols is 1. The van der Waals surface area contributed by atoms with Crippen molar-refractivity contribution in [3.63, 3.8) is 0 Å². The zero-order chi connectivity index (χ0) is 9.68. The van der Waals surface area contributed by atoms with Gasteiger partial charge < -0.3 is 15.0 Å². The number of phenolic OH excluding ortho intramolecular Hbond substituents is 1. The number of carboxylic acids is 1. The maximum absolute atomic E-state index is 9.99. The number of carbonyl (C=O) groups is 1. The van der Waals surface area contributed by atoms with Gasteiger partial charge in [-0.2, -0.15) is 0 Å². The number of carboxylic acid groups (broad SMARTS) is 1. The average molecular weight is 201 g/mol. The van der Waals surface area contributed by atoms with Crippen LogP contribution in [0.1, 0.15) is 5.56 Å². The molecule has 0 radical (unpaired) electrons. The average Bonchev–Trinajstić information content (AvgIpc) is 2.08. The Hall–Kier alpha value is -0.840. The van der Waals surface area contributed by atoms with E-state index >= 15 is 0 Å². The molecule has 0 aliphatic heterocycles. The third-order valence-electron chi connectivity index (χ3n) is 1.39. The first-order valence-corrected chi connectivity index (χ1v) is 3.68. The minimum Gasteiger partial charge on any atom is -0.548 e. The van der Waals surface area contributed by atoms with Gasteiger partial charge in [-0.3, -0.25) is 4.99 Å².